The lowest BCUT2D eigenvalue weighted by Crippen LogP contribution is -2.61. The zero-order valence-electron chi connectivity index (χ0n) is 55.2. The normalized spacial score (nSPS) is 15.8. The number of aromatic nitrogens is 3. The Morgan fingerprint density at radius 3 is 1.89 bits per heavy atom. The number of alkyl carbamates (subject to hydrolysis) is 1. The minimum atomic E-state index is -1.45. The number of hydrogen-bond donors (Lipinski definition) is 5. The molecule has 6 amide bonds. The van der Waals surface area contributed by atoms with E-state index in [1.165, 1.54) is 30.7 Å². The molecule has 5 N–H and O–H groups in total. The molecule has 0 bridgehead atoms. The molecule has 23 nitrogen and oxygen atoms in total. The summed E-state index contributed by atoms with van der Waals surface area (Å²) in [6.07, 6.45) is 5.22. The standard InChI is InChI=1S/C73H81N9O14/c1-11-34-93-52-30-25-45(26-31-52)36-60(68(87)88)75-65(84)59(38-47-24-29-48-18-12-13-19-49(48)35-47)74-66(85)62-39-51(41-81(62)67(86)63(72(3,4)5)77-64(83)44(2)80(9)71(91)96-73(6,7)8)82-40-50(78-79-82)42-94-53-32-27-46(28-33-53)37-61(69(89)92-10)76-70(90)95-43-58-56-22-16-14-20-54(56)55-21-15-17-23-57(55)58/h1,12-33,35,40,44,51,58-63H,34,36-39,41-43H2,2-10H3,(H,74,85)(H,75,84)(H,76,90)(H,77,83)(H,87,88)/t44?,51-,59?,60?,61?,62-,63?/m0/s1. The first-order chi connectivity index (χ1) is 45.8. The molecule has 23 heteroatoms. The number of terminal acetylenes is 1. The van der Waals surface area contributed by atoms with Gasteiger partial charge in [0.25, 0.3) is 0 Å². The first kappa shape index (κ1) is 69.6. The summed E-state index contributed by atoms with van der Waals surface area (Å²) >= 11 is 0. The number of carbonyl (C=O) groups is 8. The van der Waals surface area contributed by atoms with Gasteiger partial charge >= 0.3 is 24.1 Å². The number of fused-ring (bicyclic) bond motifs is 4. The number of nitrogens with zero attached hydrogens (tertiary/aromatic N) is 5. The molecule has 0 saturated carbocycles. The quantitative estimate of drug-likeness (QED) is 0.0205. The van der Waals surface area contributed by atoms with Gasteiger partial charge in [0.1, 0.15) is 78.9 Å². The maximum Gasteiger partial charge on any atom is 0.410 e. The van der Waals surface area contributed by atoms with Crippen LogP contribution in [-0.4, -0.2) is 153 Å². The minimum absolute atomic E-state index is 0.0322. The summed E-state index contributed by atoms with van der Waals surface area (Å²) < 4.78 is 29.4. The van der Waals surface area contributed by atoms with Gasteiger partial charge in [0.2, 0.25) is 23.6 Å². The second-order valence-corrected chi connectivity index (χ2v) is 26.0. The van der Waals surface area contributed by atoms with Crippen molar-refractivity contribution in [2.24, 2.45) is 5.41 Å². The number of carboxylic acid groups (broad SMARTS) is 1. The van der Waals surface area contributed by atoms with Crippen molar-refractivity contribution in [3.63, 3.8) is 0 Å². The molecule has 502 valence electrons. The van der Waals surface area contributed by atoms with Gasteiger partial charge in [0, 0.05) is 45.2 Å². The molecule has 0 spiro atoms. The third-order valence-corrected chi connectivity index (χ3v) is 16.9. The average molecular weight is 1310 g/mol. The summed E-state index contributed by atoms with van der Waals surface area (Å²) in [7, 11) is 2.65. The molecule has 1 aromatic heterocycles. The van der Waals surface area contributed by atoms with Gasteiger partial charge in [0.05, 0.1) is 19.3 Å². The number of carbonyl (C=O) groups excluding carboxylic acids is 7. The molecule has 9 rings (SSSR count). The molecule has 5 unspecified atom stereocenters. The van der Waals surface area contributed by atoms with Crippen molar-refractivity contribution in [1.82, 2.24) is 46.1 Å². The van der Waals surface area contributed by atoms with E-state index in [2.05, 4.69) is 37.5 Å². The first-order valence-electron chi connectivity index (χ1n) is 31.6. The number of hydrogen-bond acceptors (Lipinski definition) is 15. The molecular formula is C73H81N9O14. The highest BCUT2D eigenvalue weighted by Crippen LogP contribution is 2.44. The molecule has 0 radical (unpaired) electrons. The number of likely N-dealkylation sites (tertiary alicyclic amines) is 1. The average Bonchev–Trinajstić information content (AvgIpc) is 1.52. The zero-order valence-corrected chi connectivity index (χ0v) is 55.2. The highest BCUT2D eigenvalue weighted by Gasteiger charge is 2.47. The summed E-state index contributed by atoms with van der Waals surface area (Å²) in [4.78, 5) is 114. The number of aliphatic carboxylic acids is 1. The predicted molar refractivity (Wildman–Crippen MR) is 356 cm³/mol. The van der Waals surface area contributed by atoms with E-state index < -0.39 is 101 Å². The maximum atomic E-state index is 15.4. The number of likely N-dealkylation sites (N-methyl/N-ethyl adjacent to an activating group) is 1. The van der Waals surface area contributed by atoms with Crippen LogP contribution in [0.15, 0.2) is 146 Å². The van der Waals surface area contributed by atoms with Gasteiger partial charge in [-0.1, -0.05) is 147 Å². The zero-order chi connectivity index (χ0) is 69.0. The topological polar surface area (TPSA) is 288 Å². The van der Waals surface area contributed by atoms with E-state index in [1.54, 1.807) is 96.3 Å². The van der Waals surface area contributed by atoms with E-state index in [4.69, 9.17) is 30.1 Å². The third-order valence-electron chi connectivity index (χ3n) is 16.9. The van der Waals surface area contributed by atoms with E-state index >= 15 is 9.59 Å². The number of benzene rings is 6. The van der Waals surface area contributed by atoms with E-state index in [1.807, 2.05) is 91.0 Å². The van der Waals surface area contributed by atoms with Crippen LogP contribution in [0.25, 0.3) is 21.9 Å². The Labute approximate surface area is 557 Å². The lowest BCUT2D eigenvalue weighted by Gasteiger charge is -2.37. The number of rotatable bonds is 25. The largest absolute Gasteiger partial charge is 0.487 e. The van der Waals surface area contributed by atoms with Gasteiger partial charge in [-0.15, -0.1) is 11.5 Å². The Bertz CT molecular complexity index is 3980. The van der Waals surface area contributed by atoms with Crippen molar-refractivity contribution in [1.29, 1.82) is 0 Å². The van der Waals surface area contributed by atoms with Crippen molar-refractivity contribution in [2.75, 3.05) is 33.9 Å². The molecule has 1 fully saturated rings. The SMILES string of the molecule is C#CCOc1ccc(CC(NC(=O)C(Cc2ccc3ccccc3c2)NC(=O)[C@@H]2C[C@H](n3cc(COc4ccc(CC(NC(=O)OCC5c6ccccc6-c6ccccc65)C(=O)OC)cc4)nn3)CN2C(=O)C(NC(=O)C(C)N(C)C(=O)OC(C)(C)C)C(C)(C)C)C(=O)O)cc1. The van der Waals surface area contributed by atoms with Crippen molar-refractivity contribution in [2.45, 2.75) is 135 Å². The van der Waals surface area contributed by atoms with E-state index in [0.29, 0.717) is 33.9 Å². The Hall–Kier alpha value is -10.8. The van der Waals surface area contributed by atoms with Gasteiger partial charge in [-0.25, -0.2) is 23.9 Å². The number of methoxy groups -OCH3 is 1. The summed E-state index contributed by atoms with van der Waals surface area (Å²) in [6.45, 7) is 11.7. The summed E-state index contributed by atoms with van der Waals surface area (Å²) in [5, 5.41) is 32.2. The van der Waals surface area contributed by atoms with Crippen molar-refractivity contribution < 1.29 is 67.1 Å². The van der Waals surface area contributed by atoms with E-state index in [9.17, 15) is 33.9 Å². The van der Waals surface area contributed by atoms with Crippen molar-refractivity contribution >= 4 is 58.5 Å². The molecule has 2 heterocycles. The number of esters is 1. The van der Waals surface area contributed by atoms with Gasteiger partial charge in [-0.05, 0) is 107 Å². The molecule has 1 saturated heterocycles. The maximum absolute atomic E-state index is 15.4. The molecule has 1 aliphatic carbocycles. The van der Waals surface area contributed by atoms with Crippen LogP contribution in [0.4, 0.5) is 9.59 Å². The minimum Gasteiger partial charge on any atom is -0.487 e. The molecule has 7 atom stereocenters. The van der Waals surface area contributed by atoms with Crippen LogP contribution >= 0.6 is 0 Å². The van der Waals surface area contributed by atoms with Crippen LogP contribution in [0.1, 0.15) is 100 Å². The fraction of sp³-hybridized carbons (Fsp3) is 0.370. The van der Waals surface area contributed by atoms with E-state index in [0.717, 1.165) is 37.9 Å². The summed E-state index contributed by atoms with van der Waals surface area (Å²) in [5.41, 5.74) is 4.65. The predicted octanol–water partition coefficient (Wildman–Crippen LogP) is 8.11. The van der Waals surface area contributed by atoms with Gasteiger partial charge in [0.15, 0.2) is 0 Å². The van der Waals surface area contributed by atoms with Crippen molar-refractivity contribution in [3.8, 4) is 35.0 Å². The highest BCUT2D eigenvalue weighted by atomic mass is 16.6. The fourth-order valence-electron chi connectivity index (χ4n) is 11.7. The molecular weight excluding hydrogens is 1230 g/mol. The fourth-order valence-corrected chi connectivity index (χ4v) is 11.7. The van der Waals surface area contributed by atoms with E-state index in [-0.39, 0.29) is 58.0 Å². The molecule has 6 aromatic carbocycles. The van der Waals surface area contributed by atoms with Crippen LogP contribution in [-0.2, 0) is 68.8 Å². The van der Waals surface area contributed by atoms with Gasteiger partial charge in [-0.2, -0.15) is 0 Å². The number of ether oxygens (including phenoxy) is 5. The molecule has 2 aliphatic rings. The van der Waals surface area contributed by atoms with Crippen LogP contribution in [0.5, 0.6) is 11.5 Å². The molecule has 1 aliphatic heterocycles. The van der Waals surface area contributed by atoms with Crippen LogP contribution in [0, 0.1) is 17.8 Å². The lowest BCUT2D eigenvalue weighted by atomic mass is 9.85. The van der Waals surface area contributed by atoms with Crippen LogP contribution in [0.2, 0.25) is 0 Å². The smallest absolute Gasteiger partial charge is 0.410 e. The Morgan fingerprint density at radius 1 is 0.698 bits per heavy atom. The van der Waals surface area contributed by atoms with Gasteiger partial charge in [-0.3, -0.25) is 24.1 Å². The molecule has 96 heavy (non-hydrogen) atoms. The molecule has 7 aromatic rings. The Kier molecular flexibility index (Phi) is 22.1. The first-order valence-corrected chi connectivity index (χ1v) is 31.6. The lowest BCUT2D eigenvalue weighted by molar-refractivity contribution is -0.145. The second kappa shape index (κ2) is 30.5. The monoisotopic (exact) mass is 1310 g/mol. The van der Waals surface area contributed by atoms with Crippen LogP contribution in [0.3, 0.4) is 0 Å². The van der Waals surface area contributed by atoms with Crippen LogP contribution < -0.4 is 30.7 Å². The van der Waals surface area contributed by atoms with Gasteiger partial charge < -0.3 is 55.0 Å². The second-order valence-electron chi connectivity index (χ2n) is 26.0. The third kappa shape index (κ3) is 17.5. The Morgan fingerprint density at radius 2 is 1.28 bits per heavy atom. The van der Waals surface area contributed by atoms with Crippen molar-refractivity contribution in [3.05, 3.63) is 179 Å². The summed E-state index contributed by atoms with van der Waals surface area (Å²) in [5.74, 6) is -1.77. The number of carboxylic acids is 1. The highest BCUT2D eigenvalue weighted by molar-refractivity contribution is 5.97. The number of nitrogens with one attached hydrogen (secondary N) is 4. The Balaban J connectivity index is 0.919. The summed E-state index contributed by atoms with van der Waals surface area (Å²) in [6, 6.07) is 34.2. The number of amides is 6.